The summed E-state index contributed by atoms with van der Waals surface area (Å²) in [5.41, 5.74) is 3.25. The number of nitrogens with zero attached hydrogens (tertiary/aromatic N) is 2. The van der Waals surface area contributed by atoms with E-state index in [9.17, 15) is 18.0 Å². The fourth-order valence-corrected chi connectivity index (χ4v) is 5.82. The van der Waals surface area contributed by atoms with Crippen molar-refractivity contribution in [3.63, 3.8) is 0 Å². The fraction of sp³-hybridized carbons (Fsp3) is 0.217. The Labute approximate surface area is 190 Å². The van der Waals surface area contributed by atoms with Crippen molar-refractivity contribution < 1.29 is 17.9 Å². The maximum atomic E-state index is 13.0. The molecule has 1 aliphatic heterocycles. The summed E-state index contributed by atoms with van der Waals surface area (Å²) in [6.45, 7) is 2.65. The lowest BCUT2D eigenvalue weighted by Crippen LogP contribution is -2.29. The Morgan fingerprint density at radius 3 is 2.62 bits per heavy atom. The number of esters is 1. The number of benzene rings is 2. The molecule has 0 aliphatic carbocycles. The summed E-state index contributed by atoms with van der Waals surface area (Å²) in [7, 11) is -3.65. The molecule has 0 fully saturated rings. The highest BCUT2D eigenvalue weighted by atomic mass is 32.2. The largest absolute Gasteiger partial charge is 0.461 e. The van der Waals surface area contributed by atoms with Crippen molar-refractivity contribution in [2.45, 2.75) is 24.8 Å². The van der Waals surface area contributed by atoms with Crippen molar-refractivity contribution in [2.75, 3.05) is 17.5 Å². The number of aromatic nitrogens is 1. The van der Waals surface area contributed by atoms with E-state index >= 15 is 0 Å². The Balaban J connectivity index is 1.37. The third kappa shape index (κ3) is 4.53. The zero-order chi connectivity index (χ0) is 22.7. The van der Waals surface area contributed by atoms with Crippen molar-refractivity contribution in [3.05, 3.63) is 86.5 Å². The number of anilines is 1. The minimum Gasteiger partial charge on any atom is -0.461 e. The summed E-state index contributed by atoms with van der Waals surface area (Å²) in [5.74, 6) is -0.531. The van der Waals surface area contributed by atoms with E-state index in [-0.39, 0.29) is 16.4 Å². The molecule has 7 nitrogen and oxygen atoms in total. The van der Waals surface area contributed by atoms with Gasteiger partial charge in [0.25, 0.3) is 10.0 Å². The summed E-state index contributed by atoms with van der Waals surface area (Å²) >= 11 is 1.11. The third-order valence-corrected chi connectivity index (χ3v) is 7.97. The minimum atomic E-state index is -3.65. The van der Waals surface area contributed by atoms with E-state index in [2.05, 4.69) is 0 Å². The Morgan fingerprint density at radius 1 is 1.16 bits per heavy atom. The normalized spacial score (nSPS) is 13.5. The van der Waals surface area contributed by atoms with Crippen LogP contribution in [0.5, 0.6) is 0 Å². The van der Waals surface area contributed by atoms with Crippen LogP contribution in [0, 0.1) is 6.92 Å². The Hall–Kier alpha value is -3.17. The zero-order valence-corrected chi connectivity index (χ0v) is 19.1. The lowest BCUT2D eigenvalue weighted by molar-refractivity contribution is -0.137. The molecule has 166 valence electrons. The molecule has 3 aromatic rings. The number of rotatable bonds is 7. The molecule has 0 spiro atoms. The number of carbonyl (C=O) groups is 1. The molecule has 1 aromatic heterocycles. The van der Waals surface area contributed by atoms with Crippen LogP contribution in [0.1, 0.15) is 16.8 Å². The number of sulfonamides is 1. The van der Waals surface area contributed by atoms with Gasteiger partial charge in [0.05, 0.1) is 17.1 Å². The van der Waals surface area contributed by atoms with Crippen LogP contribution in [-0.4, -0.2) is 32.1 Å². The van der Waals surface area contributed by atoms with Gasteiger partial charge in [0.15, 0.2) is 0 Å². The number of thiazole rings is 1. The van der Waals surface area contributed by atoms with Gasteiger partial charge >= 0.3 is 10.8 Å². The number of fused-ring (bicyclic) bond motifs is 1. The quantitative estimate of drug-likeness (QED) is 0.391. The predicted molar refractivity (Wildman–Crippen MR) is 124 cm³/mol. The van der Waals surface area contributed by atoms with Crippen LogP contribution in [0.2, 0.25) is 0 Å². The van der Waals surface area contributed by atoms with E-state index in [1.54, 1.807) is 28.2 Å². The molecule has 2 aromatic carbocycles. The van der Waals surface area contributed by atoms with E-state index in [4.69, 9.17) is 4.74 Å². The Kier molecular flexibility index (Phi) is 6.29. The zero-order valence-electron chi connectivity index (χ0n) is 17.4. The van der Waals surface area contributed by atoms with E-state index in [0.29, 0.717) is 25.1 Å². The minimum absolute atomic E-state index is 0.0819. The standard InChI is InChI=1S/C23H22N2O5S2/c1-17-16-31-23(27)24(17)14-15-30-22(26)11-8-18-6-9-20(10-7-18)32(28,29)25-13-12-19-4-2-3-5-21(19)25/h2-11,16H,12-15H2,1H3/b11-8+. The van der Waals surface area contributed by atoms with Crippen molar-refractivity contribution in [3.8, 4) is 0 Å². The van der Waals surface area contributed by atoms with Gasteiger partial charge in [-0.05, 0) is 48.7 Å². The number of hydrogen-bond acceptors (Lipinski definition) is 6. The number of carbonyl (C=O) groups excluding carboxylic acids is 1. The molecule has 0 unspecified atom stereocenters. The topological polar surface area (TPSA) is 85.7 Å². The first-order valence-electron chi connectivity index (χ1n) is 10.1. The third-order valence-electron chi connectivity index (χ3n) is 5.26. The molecule has 32 heavy (non-hydrogen) atoms. The molecule has 9 heteroatoms. The maximum absolute atomic E-state index is 13.0. The average molecular weight is 471 g/mol. The Bertz CT molecular complexity index is 1320. The van der Waals surface area contributed by atoms with Gasteiger partial charge in [0.1, 0.15) is 6.61 Å². The maximum Gasteiger partial charge on any atom is 0.330 e. The number of hydrogen-bond donors (Lipinski definition) is 0. The average Bonchev–Trinajstić information content (AvgIpc) is 3.37. The van der Waals surface area contributed by atoms with Gasteiger partial charge in [-0.25, -0.2) is 13.2 Å². The first-order chi connectivity index (χ1) is 15.4. The van der Waals surface area contributed by atoms with E-state index < -0.39 is 16.0 Å². The van der Waals surface area contributed by atoms with Gasteiger partial charge in [-0.2, -0.15) is 0 Å². The SMILES string of the molecule is Cc1csc(=O)n1CCOC(=O)/C=C/c1ccc(S(=O)(=O)N2CCc3ccccc32)cc1. The number of aryl methyl sites for hydroxylation is 1. The van der Waals surface area contributed by atoms with Crippen molar-refractivity contribution >= 4 is 39.1 Å². The van der Waals surface area contributed by atoms with Crippen molar-refractivity contribution in [2.24, 2.45) is 0 Å². The van der Waals surface area contributed by atoms with E-state index in [1.807, 2.05) is 31.2 Å². The molecular weight excluding hydrogens is 448 g/mol. The van der Waals surface area contributed by atoms with Crippen molar-refractivity contribution in [1.29, 1.82) is 0 Å². The van der Waals surface area contributed by atoms with Crippen molar-refractivity contribution in [1.82, 2.24) is 4.57 Å². The van der Waals surface area contributed by atoms with Crippen LogP contribution in [0.4, 0.5) is 5.69 Å². The van der Waals surface area contributed by atoms with E-state index in [0.717, 1.165) is 28.3 Å². The summed E-state index contributed by atoms with van der Waals surface area (Å²) in [6.07, 6.45) is 3.54. The summed E-state index contributed by atoms with van der Waals surface area (Å²) in [6, 6.07) is 13.9. The molecule has 0 bridgehead atoms. The molecule has 0 radical (unpaired) electrons. The highest BCUT2D eigenvalue weighted by Crippen LogP contribution is 2.32. The first kappa shape index (κ1) is 22.0. The summed E-state index contributed by atoms with van der Waals surface area (Å²) in [5, 5.41) is 1.76. The van der Waals surface area contributed by atoms with Crippen LogP contribution in [0.15, 0.2) is 69.7 Å². The monoisotopic (exact) mass is 470 g/mol. The first-order valence-corrected chi connectivity index (χ1v) is 12.4. The molecule has 0 saturated carbocycles. The molecule has 0 atom stereocenters. The number of para-hydroxylation sites is 1. The number of ether oxygens (including phenoxy) is 1. The van der Waals surface area contributed by atoms with Gasteiger partial charge in [-0.1, -0.05) is 41.7 Å². The van der Waals surface area contributed by atoms with Crippen LogP contribution < -0.4 is 9.18 Å². The highest BCUT2D eigenvalue weighted by Gasteiger charge is 2.30. The molecule has 0 N–H and O–H groups in total. The van der Waals surface area contributed by atoms with Gasteiger partial charge in [-0.15, -0.1) is 0 Å². The smallest absolute Gasteiger partial charge is 0.330 e. The van der Waals surface area contributed by atoms with E-state index in [1.165, 1.54) is 22.5 Å². The second-order valence-corrected chi connectivity index (χ2v) is 10.0. The van der Waals surface area contributed by atoms with Gasteiger partial charge < -0.3 is 4.74 Å². The van der Waals surface area contributed by atoms with Gasteiger partial charge in [-0.3, -0.25) is 13.7 Å². The van der Waals surface area contributed by atoms with Crippen LogP contribution in [0.25, 0.3) is 6.08 Å². The van der Waals surface area contributed by atoms with Crippen LogP contribution in [-0.2, 0) is 32.5 Å². The lowest BCUT2D eigenvalue weighted by Gasteiger charge is -2.19. The highest BCUT2D eigenvalue weighted by molar-refractivity contribution is 7.92. The van der Waals surface area contributed by atoms with Gasteiger partial charge in [0.2, 0.25) is 0 Å². The molecule has 0 saturated heterocycles. The summed E-state index contributed by atoms with van der Waals surface area (Å²) < 4.78 is 34.2. The van der Waals surface area contributed by atoms with Crippen LogP contribution >= 0.6 is 11.3 Å². The molecule has 4 rings (SSSR count). The molecule has 2 heterocycles. The van der Waals surface area contributed by atoms with Gasteiger partial charge in [0, 0.05) is 23.7 Å². The second-order valence-electron chi connectivity index (χ2n) is 7.32. The predicted octanol–water partition coefficient (Wildman–Crippen LogP) is 3.23. The molecular formula is C23H22N2O5S2. The lowest BCUT2D eigenvalue weighted by atomic mass is 10.2. The second kappa shape index (κ2) is 9.13. The fourth-order valence-electron chi connectivity index (χ4n) is 3.56. The molecule has 0 amide bonds. The summed E-state index contributed by atoms with van der Waals surface area (Å²) in [4.78, 5) is 23.7. The Morgan fingerprint density at radius 2 is 1.91 bits per heavy atom. The molecule has 1 aliphatic rings. The van der Waals surface area contributed by atoms with Crippen LogP contribution in [0.3, 0.4) is 0 Å².